The number of hydrogen-bond donors (Lipinski definition) is 4. The van der Waals surface area contributed by atoms with Gasteiger partial charge in [-0.15, -0.1) is 45.3 Å². The van der Waals surface area contributed by atoms with Gasteiger partial charge in [-0.25, -0.2) is 79.7 Å². The van der Waals surface area contributed by atoms with E-state index < -0.39 is 0 Å². The average molecular weight is 1870 g/mol. The van der Waals surface area contributed by atoms with E-state index in [0.29, 0.717) is 128 Å². The van der Waals surface area contributed by atoms with Crippen LogP contribution in [0.15, 0.2) is 144 Å². The molecule has 0 spiro atoms. The molecule has 0 radical (unpaired) electrons. The lowest BCUT2D eigenvalue weighted by Crippen LogP contribution is -2.18. The fraction of sp³-hybridized carbons (Fsp3) is 0.368. The number of ether oxygens (including phenoxy) is 1. The second-order valence-electron chi connectivity index (χ2n) is 33.7. The first-order valence-corrected chi connectivity index (χ1v) is 48.6. The zero-order chi connectivity index (χ0) is 88.5. The molecular formula is C95H94Cl4N20O5S4. The molecule has 1 unspecified atom stereocenters. The highest BCUT2D eigenvalue weighted by atomic mass is 35.5. The maximum Gasteiger partial charge on any atom is 0.182 e. The summed E-state index contributed by atoms with van der Waals surface area (Å²) in [5.74, 6) is 5.32. The first-order chi connectivity index (χ1) is 62.3. The van der Waals surface area contributed by atoms with E-state index in [-0.39, 0.29) is 53.2 Å². The van der Waals surface area contributed by atoms with Gasteiger partial charge >= 0.3 is 0 Å². The number of aromatic nitrogens is 16. The molecule has 128 heavy (non-hydrogen) atoms. The molecule has 13 heterocycles. The SMILES string of the molecule is CC1CCC(CC(=O)c2nc([C@H](C)Nc3ncnc4scnc34)cc3cccc(Cl)c23)CC1.C[C@H](Nc1ncnc2scnc12)c1cc2cccc(Cl)c2c(C(=O)CC2CCCC2)n1.C[C@H](Nc1ncnc2scnc12)c1cc2cccc(Cl)c2c(C(=O)CC2CCOC2)n1.C[C@H](Nc1ncnc2scnc12)c1cc2cccc(Cl)c2c(C(=O)CCC2CCCCC2)n1. The number of hydrogen-bond acceptors (Lipinski definition) is 29. The van der Waals surface area contributed by atoms with Crippen LogP contribution in [0.4, 0.5) is 23.3 Å². The summed E-state index contributed by atoms with van der Waals surface area (Å²) in [6, 6.07) is 30.0. The van der Waals surface area contributed by atoms with Crippen molar-refractivity contribution in [1.29, 1.82) is 0 Å². The first-order valence-electron chi connectivity index (χ1n) is 43.6. The maximum absolute atomic E-state index is 13.5. The minimum Gasteiger partial charge on any atom is -0.381 e. The Balaban J connectivity index is 0.000000120. The third kappa shape index (κ3) is 20.7. The average Bonchev–Trinajstić information content (AvgIpc) is 1.06. The van der Waals surface area contributed by atoms with Crippen molar-refractivity contribution in [2.75, 3.05) is 34.5 Å². The van der Waals surface area contributed by atoms with Crippen molar-refractivity contribution in [3.8, 4) is 0 Å². The van der Waals surface area contributed by atoms with E-state index in [1.807, 2.05) is 119 Å². The molecule has 4 aliphatic rings. The number of pyridine rings is 4. The molecule has 20 rings (SSSR count). The van der Waals surface area contributed by atoms with Gasteiger partial charge in [-0.1, -0.05) is 172 Å². The van der Waals surface area contributed by atoms with Gasteiger partial charge in [0.2, 0.25) is 0 Å². The van der Waals surface area contributed by atoms with E-state index in [9.17, 15) is 19.2 Å². The summed E-state index contributed by atoms with van der Waals surface area (Å²) >= 11 is 32.0. The minimum absolute atomic E-state index is 0.00780. The van der Waals surface area contributed by atoms with Crippen molar-refractivity contribution in [2.45, 2.75) is 181 Å². The Labute approximate surface area is 775 Å². The molecule has 33 heteroatoms. The third-order valence-corrected chi connectivity index (χ3v) is 28.8. The summed E-state index contributed by atoms with van der Waals surface area (Å²) in [5, 5.41) is 22.4. The molecule has 656 valence electrons. The number of benzene rings is 4. The highest BCUT2D eigenvalue weighted by molar-refractivity contribution is 7.17. The van der Waals surface area contributed by atoms with Gasteiger partial charge in [0.05, 0.1) is 89.1 Å². The summed E-state index contributed by atoms with van der Waals surface area (Å²) in [6.45, 7) is 11.6. The fourth-order valence-electron chi connectivity index (χ4n) is 17.7. The Hall–Kier alpha value is -10.6. The van der Waals surface area contributed by atoms with Crippen molar-refractivity contribution in [3.63, 3.8) is 0 Å². The Kier molecular flexibility index (Phi) is 28.6. The van der Waals surface area contributed by atoms with Crippen LogP contribution in [-0.2, 0) is 4.74 Å². The number of Topliss-reactive ketones (excluding diaryl/α,β-unsaturated/α-hetero) is 4. The Morgan fingerprint density at radius 2 is 0.672 bits per heavy atom. The number of thiazole rings is 4. The van der Waals surface area contributed by atoms with Gasteiger partial charge in [0, 0.05) is 60.4 Å². The summed E-state index contributed by atoms with van der Waals surface area (Å²) in [7, 11) is 0. The van der Waals surface area contributed by atoms with E-state index in [0.717, 1.165) is 146 Å². The zero-order valence-corrected chi connectivity index (χ0v) is 77.5. The molecule has 3 aliphatic carbocycles. The van der Waals surface area contributed by atoms with Crippen LogP contribution in [0, 0.1) is 29.6 Å². The molecule has 1 aliphatic heterocycles. The number of fused-ring (bicyclic) bond motifs is 8. The summed E-state index contributed by atoms with van der Waals surface area (Å²) in [5.41, 5.74) is 14.8. The number of ketones is 4. The van der Waals surface area contributed by atoms with Gasteiger partial charge < -0.3 is 26.0 Å². The quantitative estimate of drug-likeness (QED) is 0.0386. The number of nitrogens with one attached hydrogen (secondary N) is 4. The van der Waals surface area contributed by atoms with Crippen LogP contribution in [0.25, 0.3) is 84.5 Å². The predicted molar refractivity (Wildman–Crippen MR) is 515 cm³/mol. The largest absolute Gasteiger partial charge is 0.381 e. The number of carbonyl (C=O) groups excluding carboxylic acids is 4. The minimum atomic E-state index is -0.204. The van der Waals surface area contributed by atoms with Gasteiger partial charge in [-0.3, -0.25) is 19.2 Å². The smallest absolute Gasteiger partial charge is 0.182 e. The van der Waals surface area contributed by atoms with Gasteiger partial charge in [0.25, 0.3) is 0 Å². The van der Waals surface area contributed by atoms with Gasteiger partial charge in [0.1, 0.15) is 89.5 Å². The van der Waals surface area contributed by atoms with E-state index in [4.69, 9.17) is 71.1 Å². The second-order valence-corrected chi connectivity index (χ2v) is 38.6. The summed E-state index contributed by atoms with van der Waals surface area (Å²) in [4.78, 5) is 128. The van der Waals surface area contributed by atoms with Gasteiger partial charge in [-0.05, 0) is 153 Å². The zero-order valence-electron chi connectivity index (χ0n) is 71.2. The lowest BCUT2D eigenvalue weighted by Gasteiger charge is -2.25. The van der Waals surface area contributed by atoms with Crippen LogP contribution < -0.4 is 21.3 Å². The van der Waals surface area contributed by atoms with Crippen LogP contribution in [0.1, 0.15) is 246 Å². The van der Waals surface area contributed by atoms with Crippen LogP contribution in [0.2, 0.25) is 20.1 Å². The second kappa shape index (κ2) is 41.0. The van der Waals surface area contributed by atoms with Crippen LogP contribution in [-0.4, -0.2) is 116 Å². The van der Waals surface area contributed by atoms with Gasteiger partial charge in [0.15, 0.2) is 46.4 Å². The van der Waals surface area contributed by atoms with E-state index in [1.165, 1.54) is 128 Å². The van der Waals surface area contributed by atoms with Crippen LogP contribution in [0.3, 0.4) is 0 Å². The summed E-state index contributed by atoms with van der Waals surface area (Å²) in [6.07, 6.45) is 25.5. The summed E-state index contributed by atoms with van der Waals surface area (Å²) < 4.78 is 5.44. The van der Waals surface area contributed by atoms with E-state index in [2.05, 4.69) is 88.0 Å². The monoisotopic (exact) mass is 1860 g/mol. The Morgan fingerprint density at radius 3 is 1.00 bits per heavy atom. The molecule has 0 bridgehead atoms. The normalized spacial score (nSPS) is 17.1. The molecule has 5 atom stereocenters. The number of halogens is 4. The molecule has 4 fully saturated rings. The van der Waals surface area contributed by atoms with Crippen molar-refractivity contribution in [1.82, 2.24) is 79.7 Å². The topological polar surface area (TPSA) is 332 Å². The predicted octanol–water partition coefficient (Wildman–Crippen LogP) is 25.2. The highest BCUT2D eigenvalue weighted by Crippen LogP contribution is 2.41. The molecule has 3 saturated carbocycles. The Bertz CT molecular complexity index is 6560. The molecular weight excluding hydrogens is 1770 g/mol. The van der Waals surface area contributed by atoms with Crippen LogP contribution >= 0.6 is 91.8 Å². The van der Waals surface area contributed by atoms with Crippen molar-refractivity contribution in [3.05, 3.63) is 210 Å². The van der Waals surface area contributed by atoms with E-state index in [1.54, 1.807) is 28.1 Å². The highest BCUT2D eigenvalue weighted by Gasteiger charge is 2.31. The lowest BCUT2D eigenvalue weighted by molar-refractivity contribution is 0.0935. The molecule has 1 saturated heterocycles. The standard InChI is InChI=1S/2C25H26ClN5OS.C23H22ClN5OS.C22H20ClN5O2S/c1-14-6-8-16(9-7-14)10-20(32)22-21-17(4-3-5-18(21)26)11-19(31-22)15(2)30-24-23-25(28-12-27-24)33-13-29-23;1-15(30-24-23-25(28-13-27-24)33-14-29-23)19-12-17-8-5-9-18(26)21(17)22(31-19)20(32)11-10-16-6-3-2-4-7-16;1-13(28-22-21-23(26-11-25-22)31-12-27-21)17-10-15-7-4-8-16(24)19(15)20(29-17)18(30)9-14-5-2-3-6-14;1-12(27-21-20-22(25-10-24-21)31-11-26-20)16-8-14-3-2-4-15(23)18(14)19(28-16)17(29)7-13-5-6-30-9-13/h3-5,11-16H,6-10H2,1-2H3,(H,27,28,30);5,8-9,12-16H,2-4,6-7,10-11H2,1H3,(H,27,28,30);4,7-8,10-14H,2-3,5-6,9H2,1H3,(H,25,26,28);2-4,8,10-13H,5-7,9H2,1H3,(H,24,25,27)/t14?,15-,16?;15-;13-;12-,13?/m0000/s1. The van der Waals surface area contributed by atoms with Crippen molar-refractivity contribution < 1.29 is 23.9 Å². The Morgan fingerprint density at radius 1 is 0.367 bits per heavy atom. The molecule has 12 aromatic heterocycles. The van der Waals surface area contributed by atoms with Gasteiger partial charge in [-0.2, -0.15) is 0 Å². The molecule has 25 nitrogen and oxygen atoms in total. The number of carbonyl (C=O) groups is 4. The molecule has 4 N–H and O–H groups in total. The van der Waals surface area contributed by atoms with Crippen molar-refractivity contribution >= 4 is 223 Å². The lowest BCUT2D eigenvalue weighted by atomic mass is 9.80. The first kappa shape index (κ1) is 89.4. The number of rotatable bonds is 25. The van der Waals surface area contributed by atoms with Crippen molar-refractivity contribution in [2.24, 2.45) is 29.6 Å². The molecule has 4 aromatic carbocycles. The fourth-order valence-corrected chi connectivity index (χ4v) is 21.3. The number of anilines is 4. The van der Waals surface area contributed by atoms with E-state index >= 15 is 0 Å². The number of nitrogens with zero attached hydrogens (tertiary/aromatic N) is 16. The maximum atomic E-state index is 13.5. The molecule has 16 aromatic rings. The molecule has 0 amide bonds. The third-order valence-electron chi connectivity index (χ3n) is 24.7. The van der Waals surface area contributed by atoms with Crippen LogP contribution in [0.5, 0.6) is 0 Å².